The Kier molecular flexibility index (Phi) is 4.15. The van der Waals surface area contributed by atoms with Crippen molar-refractivity contribution in [2.75, 3.05) is 0 Å². The van der Waals surface area contributed by atoms with Crippen LogP contribution in [-0.2, 0) is 4.79 Å². The van der Waals surface area contributed by atoms with Crippen molar-refractivity contribution in [2.45, 2.75) is 0 Å². The van der Waals surface area contributed by atoms with E-state index >= 15 is 0 Å². The molecule has 0 aromatic heterocycles. The maximum atomic E-state index is 11.5. The maximum Gasteiger partial charge on any atom is 0.337 e. The van der Waals surface area contributed by atoms with Crippen molar-refractivity contribution in [2.24, 2.45) is 0 Å². The number of rotatable bonds is 3. The first-order valence-electron chi connectivity index (χ1n) is 5.44. The van der Waals surface area contributed by atoms with Gasteiger partial charge in [-0.2, -0.15) is 0 Å². The normalized spacial score (nSPS) is 11.8. The Balaban J connectivity index is 2.58. The maximum absolute atomic E-state index is 11.5. The van der Waals surface area contributed by atoms with Crippen LogP contribution in [0.2, 0.25) is 0 Å². The fourth-order valence-corrected chi connectivity index (χ4v) is 2.58. The fourth-order valence-electron chi connectivity index (χ4n) is 1.68. The number of aliphatic carboxylic acids is 1. The molecule has 0 spiro atoms. The average Bonchev–Trinajstić information content (AvgIpc) is 2.40. The molecule has 2 rings (SSSR count). The summed E-state index contributed by atoms with van der Waals surface area (Å²) in [5.74, 6) is -0.908. The van der Waals surface area contributed by atoms with Gasteiger partial charge in [-0.15, -0.1) is 0 Å². The zero-order chi connectivity index (χ0) is 13.0. The van der Waals surface area contributed by atoms with Crippen LogP contribution in [0, 0.1) is 0 Å². The molecule has 0 amide bonds. The first kappa shape index (κ1) is 12.8. The molecule has 2 aromatic rings. The number of carboxylic acid groups (broad SMARTS) is 1. The molecule has 0 aliphatic heterocycles. The predicted molar refractivity (Wildman–Crippen MR) is 81.4 cm³/mol. The summed E-state index contributed by atoms with van der Waals surface area (Å²) >= 11 is 2.09. The highest BCUT2D eigenvalue weighted by atomic mass is 127. The fraction of sp³-hybridized carbons (Fsp3) is 0. The summed E-state index contributed by atoms with van der Waals surface area (Å²) in [6, 6.07) is 18.7. The van der Waals surface area contributed by atoms with Crippen LogP contribution in [0.4, 0.5) is 0 Å². The summed E-state index contributed by atoms with van der Waals surface area (Å²) in [6.45, 7) is 0. The summed E-state index contributed by atoms with van der Waals surface area (Å²) in [6.07, 6.45) is 0. The van der Waals surface area contributed by atoms with Crippen LogP contribution in [0.25, 0.3) is 9.15 Å². The van der Waals surface area contributed by atoms with Gasteiger partial charge >= 0.3 is 5.97 Å². The number of carbonyl (C=O) groups is 1. The van der Waals surface area contributed by atoms with Gasteiger partial charge in [0.15, 0.2) is 0 Å². The molecule has 1 N–H and O–H groups in total. The van der Waals surface area contributed by atoms with Crippen LogP contribution in [0.3, 0.4) is 0 Å². The van der Waals surface area contributed by atoms with Gasteiger partial charge in [0.2, 0.25) is 0 Å². The molecule has 0 radical (unpaired) electrons. The zero-order valence-corrected chi connectivity index (χ0v) is 11.7. The lowest BCUT2D eigenvalue weighted by Crippen LogP contribution is -2.01. The molecule has 0 bridgehead atoms. The third-order valence-corrected chi connectivity index (χ3v) is 3.69. The Labute approximate surface area is 119 Å². The predicted octanol–water partition coefficient (Wildman–Crippen LogP) is 4.07. The minimum atomic E-state index is -0.908. The highest BCUT2D eigenvalue weighted by Crippen LogP contribution is 2.31. The molecule has 90 valence electrons. The standard InChI is InChI=1S/C15H11IO2/c16-14(12-9-5-2-6-10-12)13(15(17)18)11-7-3-1-4-8-11/h1-10H,(H,17,18). The lowest BCUT2D eigenvalue weighted by atomic mass is 10.0. The smallest absolute Gasteiger partial charge is 0.337 e. The SMILES string of the molecule is O=C(O)C(=C(I)c1ccccc1)c1ccccc1. The van der Waals surface area contributed by atoms with E-state index in [0.29, 0.717) is 5.57 Å². The van der Waals surface area contributed by atoms with Crippen molar-refractivity contribution in [1.82, 2.24) is 0 Å². The third kappa shape index (κ3) is 2.79. The van der Waals surface area contributed by atoms with Gasteiger partial charge < -0.3 is 5.11 Å². The number of hydrogen-bond acceptors (Lipinski definition) is 1. The van der Waals surface area contributed by atoms with Gasteiger partial charge in [0.05, 0.1) is 5.57 Å². The van der Waals surface area contributed by atoms with Crippen LogP contribution in [-0.4, -0.2) is 11.1 Å². The number of benzene rings is 2. The summed E-state index contributed by atoms with van der Waals surface area (Å²) in [5.41, 5.74) is 1.97. The van der Waals surface area contributed by atoms with Crippen molar-refractivity contribution in [3.8, 4) is 0 Å². The van der Waals surface area contributed by atoms with E-state index in [4.69, 9.17) is 0 Å². The van der Waals surface area contributed by atoms with E-state index in [1.54, 1.807) is 0 Å². The van der Waals surface area contributed by atoms with E-state index in [1.165, 1.54) is 0 Å². The average molecular weight is 350 g/mol. The molecule has 2 aromatic carbocycles. The van der Waals surface area contributed by atoms with E-state index in [1.807, 2.05) is 60.7 Å². The molecule has 0 aliphatic rings. The zero-order valence-electron chi connectivity index (χ0n) is 9.51. The van der Waals surface area contributed by atoms with Crippen molar-refractivity contribution in [3.63, 3.8) is 0 Å². The Morgan fingerprint density at radius 2 is 1.28 bits per heavy atom. The van der Waals surface area contributed by atoms with Gasteiger partial charge in [-0.1, -0.05) is 60.7 Å². The van der Waals surface area contributed by atoms with E-state index in [-0.39, 0.29) is 0 Å². The third-order valence-electron chi connectivity index (χ3n) is 2.52. The Morgan fingerprint density at radius 3 is 1.72 bits per heavy atom. The molecule has 0 saturated heterocycles. The van der Waals surface area contributed by atoms with Gasteiger partial charge in [0.25, 0.3) is 0 Å². The van der Waals surface area contributed by atoms with Gasteiger partial charge in [-0.05, 0) is 33.7 Å². The molecule has 18 heavy (non-hydrogen) atoms. The molecular formula is C15H11IO2. The summed E-state index contributed by atoms with van der Waals surface area (Å²) in [4.78, 5) is 11.5. The molecule has 0 atom stereocenters. The molecule has 2 nitrogen and oxygen atoms in total. The Bertz CT molecular complexity index is 574. The second-order valence-electron chi connectivity index (χ2n) is 3.73. The number of carboxylic acids is 1. The lowest BCUT2D eigenvalue weighted by Gasteiger charge is -2.07. The van der Waals surface area contributed by atoms with Gasteiger partial charge in [0.1, 0.15) is 0 Å². The second-order valence-corrected chi connectivity index (χ2v) is 4.80. The van der Waals surface area contributed by atoms with Crippen LogP contribution >= 0.6 is 22.6 Å². The second kappa shape index (κ2) is 5.82. The molecule has 0 fully saturated rings. The number of hydrogen-bond donors (Lipinski definition) is 1. The van der Waals surface area contributed by atoms with Gasteiger partial charge in [-0.25, -0.2) is 4.79 Å². The molecular weight excluding hydrogens is 339 g/mol. The van der Waals surface area contributed by atoms with E-state index in [9.17, 15) is 9.90 Å². The van der Waals surface area contributed by atoms with Crippen molar-refractivity contribution in [3.05, 3.63) is 71.8 Å². The van der Waals surface area contributed by atoms with Crippen molar-refractivity contribution in [1.29, 1.82) is 0 Å². The highest BCUT2D eigenvalue weighted by molar-refractivity contribution is 14.1. The Hall–Kier alpha value is -1.62. The van der Waals surface area contributed by atoms with Crippen molar-refractivity contribution >= 4 is 37.7 Å². The molecule has 0 unspecified atom stereocenters. The highest BCUT2D eigenvalue weighted by Gasteiger charge is 2.15. The monoisotopic (exact) mass is 350 g/mol. The summed E-state index contributed by atoms with van der Waals surface area (Å²) < 4.78 is 0.742. The van der Waals surface area contributed by atoms with Gasteiger partial charge in [-0.3, -0.25) is 0 Å². The summed E-state index contributed by atoms with van der Waals surface area (Å²) in [5, 5.41) is 9.40. The largest absolute Gasteiger partial charge is 0.478 e. The van der Waals surface area contributed by atoms with Crippen molar-refractivity contribution < 1.29 is 9.90 Å². The van der Waals surface area contributed by atoms with Crippen LogP contribution in [0.15, 0.2) is 60.7 Å². The molecule has 0 aliphatic carbocycles. The quantitative estimate of drug-likeness (QED) is 0.515. The van der Waals surface area contributed by atoms with Crippen LogP contribution in [0.1, 0.15) is 11.1 Å². The molecule has 0 saturated carbocycles. The first-order chi connectivity index (χ1) is 8.70. The minimum absolute atomic E-state index is 0.336. The number of halogens is 1. The minimum Gasteiger partial charge on any atom is -0.478 e. The molecule has 3 heteroatoms. The van der Waals surface area contributed by atoms with Crippen LogP contribution in [0.5, 0.6) is 0 Å². The van der Waals surface area contributed by atoms with E-state index in [2.05, 4.69) is 22.6 Å². The first-order valence-corrected chi connectivity index (χ1v) is 6.52. The van der Waals surface area contributed by atoms with E-state index in [0.717, 1.165) is 14.7 Å². The topological polar surface area (TPSA) is 37.3 Å². The van der Waals surface area contributed by atoms with E-state index < -0.39 is 5.97 Å². The lowest BCUT2D eigenvalue weighted by molar-refractivity contribution is -0.130. The van der Waals surface area contributed by atoms with Gasteiger partial charge in [0, 0.05) is 3.58 Å². The Morgan fingerprint density at radius 1 is 0.833 bits per heavy atom. The van der Waals surface area contributed by atoms with Crippen LogP contribution < -0.4 is 0 Å². The molecule has 0 heterocycles. The summed E-state index contributed by atoms with van der Waals surface area (Å²) in [7, 11) is 0.